The Morgan fingerprint density at radius 2 is 1.62 bits per heavy atom. The molecule has 1 aromatic carbocycles. The molecule has 0 radical (unpaired) electrons. The summed E-state index contributed by atoms with van der Waals surface area (Å²) in [6.45, 7) is 13.4. The van der Waals surface area contributed by atoms with E-state index in [1.807, 2.05) is 6.07 Å². The van der Waals surface area contributed by atoms with Gasteiger partial charge in [0.15, 0.2) is 5.11 Å². The third kappa shape index (κ3) is 10.1. The van der Waals surface area contributed by atoms with Crippen LogP contribution in [0.15, 0.2) is 30.3 Å². The molecule has 220 valence electrons. The number of nitrogens with two attached hydrogens (primary N) is 1. The van der Waals surface area contributed by atoms with E-state index in [1.54, 1.807) is 0 Å². The lowest BCUT2D eigenvalue weighted by Gasteiger charge is -2.38. The van der Waals surface area contributed by atoms with Gasteiger partial charge in [-0.25, -0.2) is 0 Å². The Morgan fingerprint density at radius 1 is 0.950 bits per heavy atom. The second-order valence-corrected chi connectivity index (χ2v) is 12.5. The fourth-order valence-electron chi connectivity index (χ4n) is 5.25. The minimum atomic E-state index is -0.0432. The van der Waals surface area contributed by atoms with E-state index in [1.165, 1.54) is 43.2 Å². The van der Waals surface area contributed by atoms with Gasteiger partial charge in [-0.2, -0.15) is 9.97 Å². The molecule has 1 saturated carbocycles. The van der Waals surface area contributed by atoms with Crippen LogP contribution >= 0.6 is 12.2 Å². The maximum atomic E-state index is 6.14. The molecule has 0 unspecified atom stereocenters. The summed E-state index contributed by atoms with van der Waals surface area (Å²) in [5.74, 6) is 1.87. The fraction of sp³-hybridized carbons (Fsp3) is 0.633. The van der Waals surface area contributed by atoms with Crippen molar-refractivity contribution in [3.05, 3.63) is 41.5 Å². The average molecular weight is 568 g/mol. The molecule has 10 heteroatoms. The van der Waals surface area contributed by atoms with Gasteiger partial charge >= 0.3 is 0 Å². The number of hydrogen-bond donors (Lipinski definition) is 5. The summed E-state index contributed by atoms with van der Waals surface area (Å²) in [6.07, 6.45) is 8.05. The zero-order valence-corrected chi connectivity index (χ0v) is 25.5. The molecule has 1 aliphatic heterocycles. The van der Waals surface area contributed by atoms with Gasteiger partial charge in [0.05, 0.1) is 0 Å². The van der Waals surface area contributed by atoms with E-state index in [0.717, 1.165) is 69.2 Å². The highest BCUT2D eigenvalue weighted by Gasteiger charge is 2.23. The molecule has 2 aliphatic rings. The molecule has 0 spiro atoms. The van der Waals surface area contributed by atoms with E-state index in [2.05, 4.69) is 81.1 Å². The molecule has 1 saturated heterocycles. The van der Waals surface area contributed by atoms with Crippen molar-refractivity contribution >= 4 is 34.9 Å². The Kier molecular flexibility index (Phi) is 11.2. The summed E-state index contributed by atoms with van der Waals surface area (Å²) in [7, 11) is 0. The van der Waals surface area contributed by atoms with Gasteiger partial charge in [0, 0.05) is 56.9 Å². The molecule has 0 bridgehead atoms. The van der Waals surface area contributed by atoms with E-state index >= 15 is 0 Å². The average Bonchev–Trinajstić information content (AvgIpc) is 2.94. The van der Waals surface area contributed by atoms with E-state index in [0.29, 0.717) is 18.3 Å². The Balaban J connectivity index is 1.17. The van der Waals surface area contributed by atoms with Crippen LogP contribution in [0, 0.1) is 0 Å². The predicted octanol–water partition coefficient (Wildman–Crippen LogP) is 3.87. The topological polar surface area (TPSA) is 106 Å². The monoisotopic (exact) mass is 567 g/mol. The van der Waals surface area contributed by atoms with E-state index in [4.69, 9.17) is 22.9 Å². The Bertz CT molecular complexity index is 1060. The Hall–Kier alpha value is -2.69. The van der Waals surface area contributed by atoms with Gasteiger partial charge in [-0.05, 0) is 76.5 Å². The minimum Gasteiger partial charge on any atom is -0.383 e. The number of nitrogens with zero attached hydrogens (tertiary/aromatic N) is 4. The van der Waals surface area contributed by atoms with Crippen LogP contribution in [-0.2, 0) is 13.1 Å². The Morgan fingerprint density at radius 3 is 2.30 bits per heavy atom. The van der Waals surface area contributed by atoms with Gasteiger partial charge in [0.2, 0.25) is 5.95 Å². The number of piperazine rings is 1. The van der Waals surface area contributed by atoms with Crippen molar-refractivity contribution in [1.82, 2.24) is 30.8 Å². The van der Waals surface area contributed by atoms with Gasteiger partial charge in [0.1, 0.15) is 11.6 Å². The second-order valence-electron chi connectivity index (χ2n) is 12.1. The van der Waals surface area contributed by atoms with Gasteiger partial charge < -0.3 is 36.8 Å². The van der Waals surface area contributed by atoms with Crippen LogP contribution in [-0.4, -0.2) is 70.8 Å². The smallest absolute Gasteiger partial charge is 0.226 e. The number of anilines is 3. The molecule has 4 rings (SSSR count). The third-order valence-corrected chi connectivity index (χ3v) is 7.84. The van der Waals surface area contributed by atoms with E-state index in [-0.39, 0.29) is 5.54 Å². The number of nitrogens with one attached hydrogen (secondary N) is 4. The molecule has 2 heterocycles. The lowest BCUT2D eigenvalue weighted by Crippen LogP contribution is -2.55. The molecule has 9 nitrogen and oxygen atoms in total. The molecule has 1 aliphatic carbocycles. The first-order valence-corrected chi connectivity index (χ1v) is 15.4. The summed E-state index contributed by atoms with van der Waals surface area (Å²) in [4.78, 5) is 13.6. The van der Waals surface area contributed by atoms with Crippen molar-refractivity contribution in [2.24, 2.45) is 0 Å². The summed E-state index contributed by atoms with van der Waals surface area (Å²) in [5, 5.41) is 14.9. The van der Waals surface area contributed by atoms with E-state index in [9.17, 15) is 0 Å². The number of rotatable bonds is 11. The first-order valence-electron chi connectivity index (χ1n) is 15.0. The molecule has 0 atom stereocenters. The zero-order chi connectivity index (χ0) is 28.4. The van der Waals surface area contributed by atoms with Crippen LogP contribution in [0.4, 0.5) is 17.6 Å². The highest BCUT2D eigenvalue weighted by atomic mass is 32.1. The summed E-state index contributed by atoms with van der Waals surface area (Å²) >= 11 is 5.60. The number of thiocarbonyl (C=S) groups is 1. The van der Waals surface area contributed by atoms with Crippen LogP contribution in [0.1, 0.15) is 70.4 Å². The molecule has 0 amide bonds. The highest BCUT2D eigenvalue weighted by Crippen LogP contribution is 2.20. The van der Waals surface area contributed by atoms with Crippen molar-refractivity contribution in [2.45, 2.75) is 84.0 Å². The standard InChI is InChI=1S/C30H49N9S/c1-30(2,3)37-29(40)39-18-16-38(17-19-39)27-20-26(31)35-28(36-27)34-22-24-12-10-23(11-13-24)21-32-14-7-15-33-25-8-5-4-6-9-25/h10-13,20,25,32-33H,4-9,14-19,21-22H2,1-3H3,(H,37,40)(H3,31,34,35,36). The predicted molar refractivity (Wildman–Crippen MR) is 171 cm³/mol. The lowest BCUT2D eigenvalue weighted by molar-refractivity contribution is 0.362. The van der Waals surface area contributed by atoms with E-state index < -0.39 is 0 Å². The Labute approximate surface area is 246 Å². The molecule has 6 N–H and O–H groups in total. The third-order valence-electron chi connectivity index (χ3n) is 7.48. The van der Waals surface area contributed by atoms with Crippen molar-refractivity contribution in [2.75, 3.05) is 55.2 Å². The van der Waals surface area contributed by atoms with Crippen molar-refractivity contribution in [3.8, 4) is 0 Å². The van der Waals surface area contributed by atoms with Crippen LogP contribution in [0.2, 0.25) is 0 Å². The highest BCUT2D eigenvalue weighted by molar-refractivity contribution is 7.80. The molecular formula is C30H49N9S. The first-order chi connectivity index (χ1) is 19.2. The van der Waals surface area contributed by atoms with Gasteiger partial charge in [-0.3, -0.25) is 0 Å². The van der Waals surface area contributed by atoms with Crippen LogP contribution < -0.4 is 31.9 Å². The van der Waals surface area contributed by atoms with Crippen LogP contribution in [0.3, 0.4) is 0 Å². The maximum Gasteiger partial charge on any atom is 0.226 e. The summed E-state index contributed by atoms with van der Waals surface area (Å²) < 4.78 is 0. The van der Waals surface area contributed by atoms with Gasteiger partial charge in [0.25, 0.3) is 0 Å². The quantitative estimate of drug-likeness (QED) is 0.203. The molecular weight excluding hydrogens is 518 g/mol. The summed E-state index contributed by atoms with van der Waals surface area (Å²) in [5.41, 5.74) is 8.58. The normalized spacial score (nSPS) is 16.7. The molecule has 2 fully saturated rings. The van der Waals surface area contributed by atoms with Crippen molar-refractivity contribution in [3.63, 3.8) is 0 Å². The number of benzene rings is 1. The first kappa shape index (κ1) is 30.3. The minimum absolute atomic E-state index is 0.0432. The number of nitrogen functional groups attached to an aromatic ring is 1. The largest absolute Gasteiger partial charge is 0.383 e. The molecule has 2 aromatic rings. The number of aromatic nitrogens is 2. The van der Waals surface area contributed by atoms with Crippen molar-refractivity contribution in [1.29, 1.82) is 0 Å². The van der Waals surface area contributed by atoms with Crippen LogP contribution in [0.25, 0.3) is 0 Å². The van der Waals surface area contributed by atoms with Gasteiger partial charge in [-0.15, -0.1) is 0 Å². The summed E-state index contributed by atoms with van der Waals surface area (Å²) in [6, 6.07) is 11.3. The molecule has 40 heavy (non-hydrogen) atoms. The van der Waals surface area contributed by atoms with Gasteiger partial charge in [-0.1, -0.05) is 43.5 Å². The second kappa shape index (κ2) is 14.8. The van der Waals surface area contributed by atoms with Crippen LogP contribution in [0.5, 0.6) is 0 Å². The SMILES string of the molecule is CC(C)(C)NC(=S)N1CCN(c2cc(N)nc(NCc3ccc(CNCCCNC4CCCCC4)cc3)n2)CC1. The number of hydrogen-bond acceptors (Lipinski definition) is 8. The lowest BCUT2D eigenvalue weighted by atomic mass is 9.95. The maximum absolute atomic E-state index is 6.14. The molecule has 1 aromatic heterocycles. The van der Waals surface area contributed by atoms with Crippen molar-refractivity contribution < 1.29 is 0 Å². The fourth-order valence-corrected chi connectivity index (χ4v) is 5.74. The zero-order valence-electron chi connectivity index (χ0n) is 24.6.